The molecule has 2 aromatic rings. The Morgan fingerprint density at radius 1 is 1.33 bits per heavy atom. The highest BCUT2D eigenvalue weighted by Crippen LogP contribution is 2.30. The van der Waals surface area contributed by atoms with Crippen molar-refractivity contribution in [3.8, 4) is 0 Å². The van der Waals surface area contributed by atoms with E-state index in [-0.39, 0.29) is 17.8 Å². The maximum Gasteiger partial charge on any atom is 0.261 e. The highest BCUT2D eigenvalue weighted by molar-refractivity contribution is 7.20. The van der Waals surface area contributed by atoms with Gasteiger partial charge in [0.25, 0.3) is 5.91 Å². The van der Waals surface area contributed by atoms with Gasteiger partial charge >= 0.3 is 0 Å². The van der Waals surface area contributed by atoms with Crippen molar-refractivity contribution >= 4 is 33.2 Å². The van der Waals surface area contributed by atoms with Crippen LogP contribution >= 0.6 is 11.3 Å². The molecule has 3 aliphatic rings. The average molecular weight is 344 g/mol. The van der Waals surface area contributed by atoms with Crippen LogP contribution in [0.15, 0.2) is 29.4 Å². The standard InChI is InChI=1S/C17H20N4O2S/c18-16(20-23)12-2-1-11-7-15(24-14(11)8-12)17(22)19-13-9-21-5-3-10(13)4-6-21/h1-2,7-8,10,13,23H,3-6,9H2,(H2,18,20)(H,19,22). The Morgan fingerprint density at radius 3 is 2.79 bits per heavy atom. The zero-order valence-electron chi connectivity index (χ0n) is 13.2. The number of hydrogen-bond acceptors (Lipinski definition) is 5. The SMILES string of the molecule is NC(=NO)c1ccc2cc(C(=O)NC3CN4CCC3CC4)sc2c1. The van der Waals surface area contributed by atoms with Gasteiger partial charge in [0.15, 0.2) is 5.84 Å². The maximum atomic E-state index is 12.6. The van der Waals surface area contributed by atoms with Crippen molar-refractivity contribution < 1.29 is 10.0 Å². The normalized spacial score (nSPS) is 26.7. The molecule has 3 fully saturated rings. The fourth-order valence-electron chi connectivity index (χ4n) is 3.73. The zero-order chi connectivity index (χ0) is 16.7. The highest BCUT2D eigenvalue weighted by Gasteiger charge is 2.35. The summed E-state index contributed by atoms with van der Waals surface area (Å²) in [6, 6.07) is 7.70. The molecule has 1 aromatic carbocycles. The summed E-state index contributed by atoms with van der Waals surface area (Å²) in [4.78, 5) is 15.8. The fraction of sp³-hybridized carbons (Fsp3) is 0.412. The van der Waals surface area contributed by atoms with Crippen LogP contribution in [-0.2, 0) is 0 Å². The van der Waals surface area contributed by atoms with Crippen molar-refractivity contribution in [3.05, 3.63) is 34.7 Å². The smallest absolute Gasteiger partial charge is 0.261 e. The lowest BCUT2D eigenvalue weighted by molar-refractivity contribution is 0.0622. The molecule has 2 bridgehead atoms. The second-order valence-corrected chi connectivity index (χ2v) is 7.65. The molecular formula is C17H20N4O2S. The van der Waals surface area contributed by atoms with Gasteiger partial charge in [-0.3, -0.25) is 4.79 Å². The van der Waals surface area contributed by atoms with E-state index >= 15 is 0 Å². The van der Waals surface area contributed by atoms with Crippen molar-refractivity contribution in [2.45, 2.75) is 18.9 Å². The quantitative estimate of drug-likeness (QED) is 0.343. The molecule has 0 aliphatic carbocycles. The van der Waals surface area contributed by atoms with Crippen LogP contribution in [0.3, 0.4) is 0 Å². The zero-order valence-corrected chi connectivity index (χ0v) is 14.1. The first-order valence-corrected chi connectivity index (χ1v) is 9.00. The van der Waals surface area contributed by atoms with Crippen LogP contribution in [0, 0.1) is 5.92 Å². The Balaban J connectivity index is 1.54. The molecule has 1 atom stereocenters. The fourth-order valence-corrected chi connectivity index (χ4v) is 4.73. The van der Waals surface area contributed by atoms with Crippen molar-refractivity contribution in [2.75, 3.05) is 19.6 Å². The summed E-state index contributed by atoms with van der Waals surface area (Å²) in [5.41, 5.74) is 6.28. The number of nitrogens with one attached hydrogen (secondary N) is 1. The minimum atomic E-state index is 0.000275. The lowest BCUT2D eigenvalue weighted by Crippen LogP contribution is -2.57. The summed E-state index contributed by atoms with van der Waals surface area (Å²) >= 11 is 1.44. The molecular weight excluding hydrogens is 324 g/mol. The number of benzene rings is 1. The number of nitrogens with two attached hydrogens (primary N) is 1. The molecule has 5 rings (SSSR count). The topological polar surface area (TPSA) is 91.0 Å². The van der Waals surface area contributed by atoms with Gasteiger partial charge in [0.1, 0.15) is 0 Å². The second kappa shape index (κ2) is 6.07. The molecule has 0 saturated carbocycles. The first-order valence-electron chi connectivity index (χ1n) is 8.19. The Bertz CT molecular complexity index is 808. The lowest BCUT2D eigenvalue weighted by atomic mass is 9.84. The molecule has 0 spiro atoms. The Hall–Kier alpha value is -2.12. The summed E-state index contributed by atoms with van der Waals surface area (Å²) in [7, 11) is 0. The highest BCUT2D eigenvalue weighted by atomic mass is 32.1. The van der Waals surface area contributed by atoms with E-state index < -0.39 is 0 Å². The molecule has 4 heterocycles. The molecule has 4 N–H and O–H groups in total. The maximum absolute atomic E-state index is 12.6. The monoisotopic (exact) mass is 344 g/mol. The van der Waals surface area contributed by atoms with Gasteiger partial charge < -0.3 is 21.2 Å². The number of carbonyl (C=O) groups excluding carboxylic acids is 1. The predicted octanol–water partition coefficient (Wildman–Crippen LogP) is 1.82. The first-order chi connectivity index (χ1) is 11.6. The molecule has 126 valence electrons. The van der Waals surface area contributed by atoms with E-state index in [1.807, 2.05) is 18.2 Å². The molecule has 3 aliphatic heterocycles. The second-order valence-electron chi connectivity index (χ2n) is 6.57. The molecule has 1 aromatic heterocycles. The third kappa shape index (κ3) is 2.74. The number of oxime groups is 1. The van der Waals surface area contributed by atoms with E-state index in [2.05, 4.69) is 15.4 Å². The van der Waals surface area contributed by atoms with Crippen LogP contribution in [-0.4, -0.2) is 47.5 Å². The van der Waals surface area contributed by atoms with E-state index in [1.165, 1.54) is 24.2 Å². The van der Waals surface area contributed by atoms with E-state index in [9.17, 15) is 4.79 Å². The molecule has 6 nitrogen and oxygen atoms in total. The van der Waals surface area contributed by atoms with Crippen LogP contribution in [0.2, 0.25) is 0 Å². The molecule has 3 saturated heterocycles. The van der Waals surface area contributed by atoms with E-state index in [0.29, 0.717) is 16.4 Å². The van der Waals surface area contributed by atoms with Crippen molar-refractivity contribution in [3.63, 3.8) is 0 Å². The third-order valence-corrected chi connectivity index (χ3v) is 6.22. The van der Waals surface area contributed by atoms with Crippen LogP contribution < -0.4 is 11.1 Å². The number of amidine groups is 1. The van der Waals surface area contributed by atoms with Gasteiger partial charge in [0, 0.05) is 22.8 Å². The number of carbonyl (C=O) groups is 1. The van der Waals surface area contributed by atoms with Gasteiger partial charge in [-0.05, 0) is 49.4 Å². The van der Waals surface area contributed by atoms with E-state index in [4.69, 9.17) is 10.9 Å². The summed E-state index contributed by atoms with van der Waals surface area (Å²) in [6.45, 7) is 3.29. The molecule has 1 unspecified atom stereocenters. The number of fused-ring (bicyclic) bond motifs is 4. The van der Waals surface area contributed by atoms with Crippen LogP contribution in [0.5, 0.6) is 0 Å². The number of amides is 1. The number of piperidine rings is 3. The van der Waals surface area contributed by atoms with Gasteiger partial charge in [-0.15, -0.1) is 11.3 Å². The van der Waals surface area contributed by atoms with Crippen LogP contribution in [0.25, 0.3) is 10.1 Å². The number of thiophene rings is 1. The van der Waals surface area contributed by atoms with E-state index in [0.717, 1.165) is 29.7 Å². The minimum Gasteiger partial charge on any atom is -0.409 e. The largest absolute Gasteiger partial charge is 0.409 e. The van der Waals surface area contributed by atoms with Gasteiger partial charge in [-0.2, -0.15) is 0 Å². The van der Waals surface area contributed by atoms with Crippen molar-refractivity contribution in [1.82, 2.24) is 10.2 Å². The minimum absolute atomic E-state index is 0.000275. The van der Waals surface area contributed by atoms with Crippen molar-refractivity contribution in [2.24, 2.45) is 16.8 Å². The van der Waals surface area contributed by atoms with Gasteiger partial charge in [0.2, 0.25) is 0 Å². The third-order valence-electron chi connectivity index (χ3n) is 5.12. The van der Waals surface area contributed by atoms with Crippen molar-refractivity contribution in [1.29, 1.82) is 0 Å². The summed E-state index contributed by atoms with van der Waals surface area (Å²) in [5.74, 6) is 0.685. The number of rotatable bonds is 3. The lowest BCUT2D eigenvalue weighted by Gasteiger charge is -2.44. The summed E-state index contributed by atoms with van der Waals surface area (Å²) in [5, 5.41) is 16.0. The summed E-state index contributed by atoms with van der Waals surface area (Å²) in [6.07, 6.45) is 2.36. The number of hydrogen-bond donors (Lipinski definition) is 3. The predicted molar refractivity (Wildman–Crippen MR) is 94.8 cm³/mol. The number of nitrogens with zero attached hydrogens (tertiary/aromatic N) is 2. The van der Waals surface area contributed by atoms with Crippen LogP contribution in [0.1, 0.15) is 28.1 Å². The molecule has 24 heavy (non-hydrogen) atoms. The first kappa shape index (κ1) is 15.4. The summed E-state index contributed by atoms with van der Waals surface area (Å²) < 4.78 is 0.957. The van der Waals surface area contributed by atoms with Gasteiger partial charge in [0.05, 0.1) is 4.88 Å². The van der Waals surface area contributed by atoms with E-state index in [1.54, 1.807) is 6.07 Å². The van der Waals surface area contributed by atoms with Gasteiger partial charge in [-0.1, -0.05) is 17.3 Å². The Labute approximate surface area is 143 Å². The molecule has 1 amide bonds. The average Bonchev–Trinajstić information content (AvgIpc) is 3.05. The van der Waals surface area contributed by atoms with Crippen LogP contribution in [0.4, 0.5) is 0 Å². The molecule has 0 radical (unpaired) electrons. The Kier molecular flexibility index (Phi) is 3.90. The van der Waals surface area contributed by atoms with Gasteiger partial charge in [-0.25, -0.2) is 0 Å². The molecule has 7 heteroatoms. The Morgan fingerprint density at radius 2 is 2.12 bits per heavy atom.